The molecule has 0 spiro atoms. The largest absolute Gasteiger partial charge is 0.481 e. The lowest BCUT2D eigenvalue weighted by molar-refractivity contribution is -0.142. The van der Waals surface area contributed by atoms with Gasteiger partial charge >= 0.3 is 5.97 Å². The molecule has 3 rings (SSSR count). The predicted molar refractivity (Wildman–Crippen MR) is 80.3 cm³/mol. The maximum Gasteiger partial charge on any atom is 0.308 e. The van der Waals surface area contributed by atoms with Gasteiger partial charge < -0.3 is 19.5 Å². The summed E-state index contributed by atoms with van der Waals surface area (Å²) in [5, 5.41) is 9.18. The molecule has 7 nitrogen and oxygen atoms in total. The number of carboxylic acid groups (broad SMARTS) is 1. The van der Waals surface area contributed by atoms with Gasteiger partial charge in [0.25, 0.3) is 5.91 Å². The van der Waals surface area contributed by atoms with Gasteiger partial charge in [-0.15, -0.1) is 0 Å². The first-order valence-electron chi connectivity index (χ1n) is 7.77. The number of hydrogen-bond acceptors (Lipinski definition) is 5. The Hall–Kier alpha value is -2.15. The molecule has 23 heavy (non-hydrogen) atoms. The lowest BCUT2D eigenvalue weighted by Crippen LogP contribution is -2.30. The van der Waals surface area contributed by atoms with Crippen LogP contribution in [0.15, 0.2) is 18.3 Å². The first-order valence-corrected chi connectivity index (χ1v) is 7.77. The molecule has 2 saturated heterocycles. The lowest BCUT2D eigenvalue weighted by atomic mass is 9.99. The Labute approximate surface area is 134 Å². The van der Waals surface area contributed by atoms with Crippen molar-refractivity contribution in [2.24, 2.45) is 11.8 Å². The topological polar surface area (TPSA) is 89.0 Å². The van der Waals surface area contributed by atoms with Crippen LogP contribution in [0.2, 0.25) is 0 Å². The highest BCUT2D eigenvalue weighted by Gasteiger charge is 2.37. The number of pyridine rings is 1. The monoisotopic (exact) mass is 320 g/mol. The van der Waals surface area contributed by atoms with Crippen LogP contribution in [-0.2, 0) is 9.53 Å². The quantitative estimate of drug-likeness (QED) is 0.892. The first-order chi connectivity index (χ1) is 11.0. The van der Waals surface area contributed by atoms with E-state index < -0.39 is 11.9 Å². The van der Waals surface area contributed by atoms with E-state index >= 15 is 0 Å². The maximum atomic E-state index is 12.6. The van der Waals surface area contributed by atoms with Crippen LogP contribution in [0.4, 0.5) is 0 Å². The highest BCUT2D eigenvalue weighted by molar-refractivity contribution is 5.95. The van der Waals surface area contributed by atoms with Crippen LogP contribution in [0.1, 0.15) is 23.7 Å². The SMILES string of the molecule is C[C@@H]1CN(C(=O)c2ccnc(OC3CCOC3)c2)C[C@H]1C(=O)O. The van der Waals surface area contributed by atoms with Crippen molar-refractivity contribution < 1.29 is 24.2 Å². The van der Waals surface area contributed by atoms with E-state index in [9.17, 15) is 14.7 Å². The number of likely N-dealkylation sites (tertiary alicyclic amines) is 1. The third kappa shape index (κ3) is 3.44. The van der Waals surface area contributed by atoms with Crippen LogP contribution in [0.5, 0.6) is 5.88 Å². The average Bonchev–Trinajstić information content (AvgIpc) is 3.16. The number of rotatable bonds is 4. The smallest absolute Gasteiger partial charge is 0.308 e. The molecule has 1 aromatic heterocycles. The number of carbonyl (C=O) groups is 2. The first kappa shape index (κ1) is 15.7. The van der Waals surface area contributed by atoms with Crippen molar-refractivity contribution >= 4 is 11.9 Å². The van der Waals surface area contributed by atoms with E-state index in [1.165, 1.54) is 6.20 Å². The van der Waals surface area contributed by atoms with Crippen molar-refractivity contribution in [2.45, 2.75) is 19.4 Å². The number of carboxylic acids is 1. The Morgan fingerprint density at radius 3 is 2.91 bits per heavy atom. The van der Waals surface area contributed by atoms with E-state index in [2.05, 4.69) is 4.98 Å². The van der Waals surface area contributed by atoms with Crippen LogP contribution in [-0.4, -0.2) is 59.3 Å². The molecule has 0 aromatic carbocycles. The van der Waals surface area contributed by atoms with Gasteiger partial charge in [0.1, 0.15) is 6.10 Å². The fourth-order valence-electron chi connectivity index (χ4n) is 3.02. The summed E-state index contributed by atoms with van der Waals surface area (Å²) in [7, 11) is 0. The third-order valence-corrected chi connectivity index (χ3v) is 4.37. The van der Waals surface area contributed by atoms with Crippen LogP contribution in [0.3, 0.4) is 0 Å². The molecule has 3 heterocycles. The zero-order valence-electron chi connectivity index (χ0n) is 13.0. The zero-order chi connectivity index (χ0) is 16.4. The van der Waals surface area contributed by atoms with E-state index in [0.29, 0.717) is 31.2 Å². The molecule has 3 atom stereocenters. The molecule has 124 valence electrons. The number of aliphatic carboxylic acids is 1. The summed E-state index contributed by atoms with van der Waals surface area (Å²) in [4.78, 5) is 29.5. The molecule has 0 saturated carbocycles. The van der Waals surface area contributed by atoms with E-state index in [1.807, 2.05) is 6.92 Å². The van der Waals surface area contributed by atoms with Gasteiger partial charge in [-0.25, -0.2) is 4.98 Å². The molecule has 1 unspecified atom stereocenters. The minimum absolute atomic E-state index is 0.0314. The van der Waals surface area contributed by atoms with Gasteiger partial charge in [0.15, 0.2) is 0 Å². The predicted octanol–water partition coefficient (Wildman–Crippen LogP) is 1.04. The van der Waals surface area contributed by atoms with Gasteiger partial charge in [-0.05, 0) is 12.0 Å². The molecule has 7 heteroatoms. The highest BCUT2D eigenvalue weighted by Crippen LogP contribution is 2.25. The lowest BCUT2D eigenvalue weighted by Gasteiger charge is -2.17. The highest BCUT2D eigenvalue weighted by atomic mass is 16.5. The fraction of sp³-hybridized carbons (Fsp3) is 0.562. The molecule has 2 aliphatic heterocycles. The van der Waals surface area contributed by atoms with Crippen molar-refractivity contribution in [3.8, 4) is 5.88 Å². The molecule has 1 amide bonds. The Bertz CT molecular complexity index is 600. The second-order valence-corrected chi connectivity index (χ2v) is 6.12. The number of amides is 1. The molecule has 0 radical (unpaired) electrons. The molecule has 2 aliphatic rings. The van der Waals surface area contributed by atoms with E-state index in [1.54, 1.807) is 17.0 Å². The van der Waals surface area contributed by atoms with Crippen molar-refractivity contribution in [1.29, 1.82) is 0 Å². The zero-order valence-corrected chi connectivity index (χ0v) is 13.0. The van der Waals surface area contributed by atoms with Crippen LogP contribution < -0.4 is 4.74 Å². The summed E-state index contributed by atoms with van der Waals surface area (Å²) in [6, 6.07) is 3.23. The Morgan fingerprint density at radius 2 is 2.26 bits per heavy atom. The summed E-state index contributed by atoms with van der Waals surface area (Å²) in [5.41, 5.74) is 0.465. The van der Waals surface area contributed by atoms with E-state index in [4.69, 9.17) is 9.47 Å². The average molecular weight is 320 g/mol. The van der Waals surface area contributed by atoms with Crippen LogP contribution in [0.25, 0.3) is 0 Å². The van der Waals surface area contributed by atoms with Gasteiger partial charge in [-0.3, -0.25) is 9.59 Å². The second-order valence-electron chi connectivity index (χ2n) is 6.12. The number of nitrogens with zero attached hydrogens (tertiary/aromatic N) is 2. The van der Waals surface area contributed by atoms with E-state index in [0.717, 1.165) is 6.42 Å². The summed E-state index contributed by atoms with van der Waals surface area (Å²) >= 11 is 0. The Balaban J connectivity index is 1.69. The summed E-state index contributed by atoms with van der Waals surface area (Å²) in [6.07, 6.45) is 2.31. The van der Waals surface area contributed by atoms with Gasteiger partial charge in [-0.2, -0.15) is 0 Å². The Morgan fingerprint density at radius 1 is 1.43 bits per heavy atom. The number of ether oxygens (including phenoxy) is 2. The van der Waals surface area contributed by atoms with Crippen molar-refractivity contribution in [3.05, 3.63) is 23.9 Å². The minimum Gasteiger partial charge on any atom is -0.481 e. The molecule has 0 aliphatic carbocycles. The molecule has 0 bridgehead atoms. The van der Waals surface area contributed by atoms with Crippen molar-refractivity contribution in [2.75, 3.05) is 26.3 Å². The number of carbonyl (C=O) groups excluding carboxylic acids is 1. The van der Waals surface area contributed by atoms with Crippen LogP contribution >= 0.6 is 0 Å². The maximum absolute atomic E-state index is 12.6. The molecule has 1 N–H and O–H groups in total. The second kappa shape index (κ2) is 6.54. The van der Waals surface area contributed by atoms with Crippen LogP contribution in [0, 0.1) is 11.8 Å². The molecular formula is C16H20N2O5. The van der Waals surface area contributed by atoms with Crippen molar-refractivity contribution in [1.82, 2.24) is 9.88 Å². The molecule has 1 aromatic rings. The van der Waals surface area contributed by atoms with Gasteiger partial charge in [0, 0.05) is 37.3 Å². The minimum atomic E-state index is -0.854. The number of hydrogen-bond donors (Lipinski definition) is 1. The Kier molecular flexibility index (Phi) is 4.47. The van der Waals surface area contributed by atoms with Crippen molar-refractivity contribution in [3.63, 3.8) is 0 Å². The van der Waals surface area contributed by atoms with Gasteiger partial charge in [0.2, 0.25) is 5.88 Å². The fourth-order valence-corrected chi connectivity index (χ4v) is 3.02. The third-order valence-electron chi connectivity index (χ3n) is 4.37. The van der Waals surface area contributed by atoms with Gasteiger partial charge in [-0.1, -0.05) is 6.92 Å². The standard InChI is InChI=1S/C16H20N2O5/c1-10-7-18(8-13(10)16(20)21)15(19)11-2-4-17-14(6-11)23-12-3-5-22-9-12/h2,4,6,10,12-13H,3,5,7-9H2,1H3,(H,20,21)/t10-,12?,13-/m1/s1. The summed E-state index contributed by atoms with van der Waals surface area (Å²) < 4.78 is 11.0. The van der Waals surface area contributed by atoms with Gasteiger partial charge in [0.05, 0.1) is 19.1 Å². The summed E-state index contributed by atoms with van der Waals surface area (Å²) in [6.45, 7) is 3.75. The molecule has 2 fully saturated rings. The summed E-state index contributed by atoms with van der Waals surface area (Å²) in [5.74, 6) is -1.20. The molecular weight excluding hydrogens is 300 g/mol. The normalized spacial score (nSPS) is 27.2. The number of aromatic nitrogens is 1. The van der Waals surface area contributed by atoms with E-state index in [-0.39, 0.29) is 24.5 Å².